The summed E-state index contributed by atoms with van der Waals surface area (Å²) in [5.41, 5.74) is 1.54. The molecule has 2 heterocycles. The van der Waals surface area contributed by atoms with E-state index >= 15 is 0 Å². The summed E-state index contributed by atoms with van der Waals surface area (Å²) in [6, 6.07) is 1.74. The number of nitrogens with zero attached hydrogens (tertiary/aromatic N) is 2. The Morgan fingerprint density at radius 1 is 1.46 bits per heavy atom. The van der Waals surface area contributed by atoms with Crippen LogP contribution < -0.4 is 10.6 Å². The van der Waals surface area contributed by atoms with Gasteiger partial charge in [0, 0.05) is 6.20 Å². The Balaban J connectivity index is 2.28. The molecule has 0 unspecified atom stereocenters. The van der Waals surface area contributed by atoms with E-state index in [0.29, 0.717) is 5.82 Å². The lowest BCUT2D eigenvalue weighted by Crippen LogP contribution is -2.02. The lowest BCUT2D eigenvalue weighted by molar-refractivity contribution is -0.403. The SMILES string of the molecule is O=[N+]([O-])C=C1Nc2ccncc2N1. The predicted octanol–water partition coefficient (Wildman–Crippen LogP) is 0.995. The van der Waals surface area contributed by atoms with E-state index in [9.17, 15) is 10.1 Å². The van der Waals surface area contributed by atoms with E-state index < -0.39 is 4.92 Å². The number of rotatable bonds is 1. The molecule has 0 saturated heterocycles. The van der Waals surface area contributed by atoms with E-state index in [4.69, 9.17) is 0 Å². The zero-order valence-corrected chi connectivity index (χ0v) is 6.52. The summed E-state index contributed by atoms with van der Waals surface area (Å²) >= 11 is 0. The number of fused-ring (bicyclic) bond motifs is 1. The highest BCUT2D eigenvalue weighted by atomic mass is 16.6. The molecule has 6 nitrogen and oxygen atoms in total. The predicted molar refractivity (Wildman–Crippen MR) is 46.6 cm³/mol. The van der Waals surface area contributed by atoms with Crippen molar-refractivity contribution in [3.05, 3.63) is 40.6 Å². The molecular formula is C7H6N4O2. The minimum absolute atomic E-state index is 0.355. The summed E-state index contributed by atoms with van der Waals surface area (Å²) < 4.78 is 0. The molecule has 66 valence electrons. The Labute approximate surface area is 73.4 Å². The first-order chi connectivity index (χ1) is 6.25. The molecule has 1 aromatic rings. The van der Waals surface area contributed by atoms with E-state index in [0.717, 1.165) is 17.6 Å². The molecule has 0 bridgehead atoms. The van der Waals surface area contributed by atoms with Crippen LogP contribution in [0.15, 0.2) is 30.5 Å². The zero-order chi connectivity index (χ0) is 9.26. The number of aromatic nitrogens is 1. The molecule has 2 N–H and O–H groups in total. The van der Waals surface area contributed by atoms with Gasteiger partial charge in [0.25, 0.3) is 6.20 Å². The molecule has 0 amide bonds. The normalized spacial score (nSPS) is 16.2. The first-order valence-electron chi connectivity index (χ1n) is 3.59. The molecule has 0 aromatic carbocycles. The van der Waals surface area contributed by atoms with Gasteiger partial charge in [-0.25, -0.2) is 0 Å². The number of nitrogens with one attached hydrogen (secondary N) is 2. The molecular weight excluding hydrogens is 172 g/mol. The van der Waals surface area contributed by atoms with Crippen LogP contribution in [0.3, 0.4) is 0 Å². The van der Waals surface area contributed by atoms with Gasteiger partial charge in [0.1, 0.15) is 0 Å². The van der Waals surface area contributed by atoms with Crippen molar-refractivity contribution in [3.63, 3.8) is 0 Å². The first-order valence-corrected chi connectivity index (χ1v) is 3.59. The van der Waals surface area contributed by atoms with Gasteiger partial charge in [-0.1, -0.05) is 0 Å². The van der Waals surface area contributed by atoms with Crippen LogP contribution in [-0.4, -0.2) is 9.91 Å². The van der Waals surface area contributed by atoms with Gasteiger partial charge < -0.3 is 10.6 Å². The average Bonchev–Trinajstić information content (AvgIpc) is 2.44. The van der Waals surface area contributed by atoms with Crippen molar-refractivity contribution < 1.29 is 4.92 Å². The van der Waals surface area contributed by atoms with Gasteiger partial charge in [-0.2, -0.15) is 0 Å². The second-order valence-corrected chi connectivity index (χ2v) is 2.50. The maximum Gasteiger partial charge on any atom is 0.274 e. The molecule has 1 aliphatic heterocycles. The van der Waals surface area contributed by atoms with Crippen molar-refractivity contribution in [1.82, 2.24) is 4.98 Å². The molecule has 0 saturated carbocycles. The molecule has 0 spiro atoms. The summed E-state index contributed by atoms with van der Waals surface area (Å²) in [5.74, 6) is 0.355. The second-order valence-electron chi connectivity index (χ2n) is 2.50. The third-order valence-corrected chi connectivity index (χ3v) is 1.59. The van der Waals surface area contributed by atoms with Gasteiger partial charge in [-0.15, -0.1) is 0 Å². The van der Waals surface area contributed by atoms with Crippen molar-refractivity contribution in [2.45, 2.75) is 0 Å². The Kier molecular flexibility index (Phi) is 1.59. The van der Waals surface area contributed by atoms with Gasteiger partial charge in [0.2, 0.25) is 0 Å². The van der Waals surface area contributed by atoms with E-state index in [1.807, 2.05) is 0 Å². The van der Waals surface area contributed by atoms with Crippen molar-refractivity contribution in [1.29, 1.82) is 0 Å². The molecule has 1 aromatic heterocycles. The highest BCUT2D eigenvalue weighted by Crippen LogP contribution is 2.28. The molecule has 1 aliphatic rings. The highest BCUT2D eigenvalue weighted by molar-refractivity contribution is 5.77. The molecule has 0 aliphatic carbocycles. The zero-order valence-electron chi connectivity index (χ0n) is 6.52. The van der Waals surface area contributed by atoms with Crippen molar-refractivity contribution in [3.8, 4) is 0 Å². The van der Waals surface area contributed by atoms with Gasteiger partial charge in [0.05, 0.1) is 22.5 Å². The lowest BCUT2D eigenvalue weighted by Gasteiger charge is -1.92. The largest absolute Gasteiger partial charge is 0.335 e. The van der Waals surface area contributed by atoms with Crippen molar-refractivity contribution in [2.24, 2.45) is 0 Å². The number of hydrogen-bond donors (Lipinski definition) is 2. The second kappa shape index (κ2) is 2.74. The van der Waals surface area contributed by atoms with E-state index in [2.05, 4.69) is 15.6 Å². The Bertz CT molecular complexity index is 361. The number of pyridine rings is 1. The number of nitro groups is 1. The fourth-order valence-corrected chi connectivity index (χ4v) is 1.09. The van der Waals surface area contributed by atoms with Crippen LogP contribution in [0, 0.1) is 10.1 Å². The molecule has 0 atom stereocenters. The van der Waals surface area contributed by atoms with Crippen molar-refractivity contribution >= 4 is 11.4 Å². The standard InChI is InChI=1S/C7H6N4O2/c12-11(13)4-7-9-5-1-2-8-3-6(5)10-7/h1-4,9-10H. The summed E-state index contributed by atoms with van der Waals surface area (Å²) in [5, 5.41) is 15.8. The smallest absolute Gasteiger partial charge is 0.274 e. The van der Waals surface area contributed by atoms with Crippen LogP contribution in [0.1, 0.15) is 0 Å². The summed E-state index contributed by atoms with van der Waals surface area (Å²) in [7, 11) is 0. The summed E-state index contributed by atoms with van der Waals surface area (Å²) in [6.45, 7) is 0. The minimum Gasteiger partial charge on any atom is -0.335 e. The van der Waals surface area contributed by atoms with Crippen molar-refractivity contribution in [2.75, 3.05) is 10.6 Å². The number of hydrogen-bond acceptors (Lipinski definition) is 5. The van der Waals surface area contributed by atoms with Gasteiger partial charge in [0.15, 0.2) is 5.82 Å². The third kappa shape index (κ3) is 1.41. The summed E-state index contributed by atoms with van der Waals surface area (Å²) in [6.07, 6.45) is 4.09. The molecule has 2 rings (SSSR count). The van der Waals surface area contributed by atoms with Gasteiger partial charge in [-0.05, 0) is 6.07 Å². The van der Waals surface area contributed by atoms with E-state index in [1.54, 1.807) is 18.5 Å². The van der Waals surface area contributed by atoms with Gasteiger partial charge in [-0.3, -0.25) is 15.1 Å². The molecule has 6 heteroatoms. The van der Waals surface area contributed by atoms with Crippen LogP contribution in [0.4, 0.5) is 11.4 Å². The minimum atomic E-state index is -0.519. The van der Waals surface area contributed by atoms with E-state index in [-0.39, 0.29) is 0 Å². The molecule has 0 fully saturated rings. The van der Waals surface area contributed by atoms with Crippen LogP contribution in [0.25, 0.3) is 0 Å². The first kappa shape index (κ1) is 7.53. The molecule has 0 radical (unpaired) electrons. The fraction of sp³-hybridized carbons (Fsp3) is 0. The third-order valence-electron chi connectivity index (χ3n) is 1.59. The monoisotopic (exact) mass is 178 g/mol. The Hall–Kier alpha value is -2.11. The fourth-order valence-electron chi connectivity index (χ4n) is 1.09. The number of anilines is 2. The molecule has 13 heavy (non-hydrogen) atoms. The van der Waals surface area contributed by atoms with Crippen LogP contribution in [0.2, 0.25) is 0 Å². The lowest BCUT2D eigenvalue weighted by atomic mass is 10.4. The summed E-state index contributed by atoms with van der Waals surface area (Å²) in [4.78, 5) is 13.5. The Morgan fingerprint density at radius 2 is 2.23 bits per heavy atom. The Morgan fingerprint density at radius 3 is 2.92 bits per heavy atom. The van der Waals surface area contributed by atoms with Crippen LogP contribution in [-0.2, 0) is 0 Å². The maximum atomic E-state index is 10.1. The van der Waals surface area contributed by atoms with Crippen LogP contribution in [0.5, 0.6) is 0 Å². The van der Waals surface area contributed by atoms with Gasteiger partial charge >= 0.3 is 0 Å². The highest BCUT2D eigenvalue weighted by Gasteiger charge is 2.15. The van der Waals surface area contributed by atoms with E-state index in [1.165, 1.54) is 0 Å². The average molecular weight is 178 g/mol. The topological polar surface area (TPSA) is 80.1 Å². The van der Waals surface area contributed by atoms with Crippen LogP contribution >= 0.6 is 0 Å². The quantitative estimate of drug-likeness (QED) is 0.495. The maximum absolute atomic E-state index is 10.1.